The lowest BCUT2D eigenvalue weighted by atomic mass is 10.2. The Labute approximate surface area is 91.4 Å². The van der Waals surface area contributed by atoms with Crippen molar-refractivity contribution in [1.82, 2.24) is 5.32 Å². The molecule has 1 fully saturated rings. The number of ether oxygens (including phenoxy) is 1. The van der Waals surface area contributed by atoms with Crippen LogP contribution in [0.15, 0.2) is 0 Å². The lowest BCUT2D eigenvalue weighted by molar-refractivity contribution is -0.149. The highest BCUT2D eigenvalue weighted by atomic mass is 19.3. The number of carboxylic acids is 1. The molecular formula is C9H15F2NO4. The number of hydrogen-bond donors (Lipinski definition) is 3. The minimum absolute atomic E-state index is 0.166. The van der Waals surface area contributed by atoms with Gasteiger partial charge in [0, 0.05) is 6.54 Å². The normalized spacial score (nSPS) is 25.9. The van der Waals surface area contributed by atoms with Crippen LogP contribution in [0.25, 0.3) is 0 Å². The van der Waals surface area contributed by atoms with Gasteiger partial charge in [-0.3, -0.25) is 0 Å². The van der Waals surface area contributed by atoms with Crippen molar-refractivity contribution in [1.29, 1.82) is 0 Å². The molecule has 1 aliphatic heterocycles. The van der Waals surface area contributed by atoms with Crippen LogP contribution in [0.4, 0.5) is 8.78 Å². The van der Waals surface area contributed by atoms with Crippen molar-refractivity contribution in [2.75, 3.05) is 19.7 Å². The van der Waals surface area contributed by atoms with Gasteiger partial charge in [-0.25, -0.2) is 13.6 Å². The maximum Gasteiger partial charge on any atom is 0.332 e. The van der Waals surface area contributed by atoms with Gasteiger partial charge in [-0.1, -0.05) is 0 Å². The SMILES string of the molecule is O=C(O)C1CCC(CNCC(F)(F)CO)O1. The first-order valence-electron chi connectivity index (χ1n) is 5.02. The first-order valence-corrected chi connectivity index (χ1v) is 5.02. The summed E-state index contributed by atoms with van der Waals surface area (Å²) in [6.45, 7) is -1.68. The molecule has 16 heavy (non-hydrogen) atoms. The summed E-state index contributed by atoms with van der Waals surface area (Å²) in [4.78, 5) is 10.5. The molecule has 1 aliphatic rings. The monoisotopic (exact) mass is 239 g/mol. The van der Waals surface area contributed by atoms with Gasteiger partial charge in [-0.15, -0.1) is 0 Å². The van der Waals surface area contributed by atoms with Crippen molar-refractivity contribution in [3.05, 3.63) is 0 Å². The lowest BCUT2D eigenvalue weighted by Gasteiger charge is -2.16. The average molecular weight is 239 g/mol. The third-order valence-corrected chi connectivity index (χ3v) is 2.37. The highest BCUT2D eigenvalue weighted by Gasteiger charge is 2.31. The second-order valence-electron chi connectivity index (χ2n) is 3.81. The van der Waals surface area contributed by atoms with Gasteiger partial charge < -0.3 is 20.3 Å². The molecule has 0 spiro atoms. The Morgan fingerprint density at radius 2 is 2.19 bits per heavy atom. The zero-order chi connectivity index (χ0) is 12.2. The Kier molecular flexibility index (Phi) is 4.57. The summed E-state index contributed by atoms with van der Waals surface area (Å²) in [5.74, 6) is -4.17. The number of halogens is 2. The number of aliphatic hydroxyl groups excluding tert-OH is 1. The Hall–Kier alpha value is -0.790. The van der Waals surface area contributed by atoms with Gasteiger partial charge >= 0.3 is 5.97 Å². The first-order chi connectivity index (χ1) is 7.44. The van der Waals surface area contributed by atoms with E-state index in [9.17, 15) is 13.6 Å². The third kappa shape index (κ3) is 3.99. The summed E-state index contributed by atoms with van der Waals surface area (Å²) in [7, 11) is 0. The number of aliphatic carboxylic acids is 1. The third-order valence-electron chi connectivity index (χ3n) is 2.37. The van der Waals surface area contributed by atoms with E-state index in [0.717, 1.165) is 0 Å². The van der Waals surface area contributed by atoms with Crippen LogP contribution < -0.4 is 5.32 Å². The number of nitrogens with one attached hydrogen (secondary N) is 1. The maximum absolute atomic E-state index is 12.6. The van der Waals surface area contributed by atoms with E-state index in [1.54, 1.807) is 0 Å². The van der Waals surface area contributed by atoms with Crippen LogP contribution in [0.1, 0.15) is 12.8 Å². The van der Waals surface area contributed by atoms with E-state index >= 15 is 0 Å². The molecular weight excluding hydrogens is 224 g/mol. The number of carboxylic acid groups (broad SMARTS) is 1. The number of carbonyl (C=O) groups is 1. The molecule has 3 N–H and O–H groups in total. The molecule has 94 valence electrons. The summed E-state index contributed by atoms with van der Waals surface area (Å²) in [5, 5.41) is 19.4. The summed E-state index contributed by atoms with van der Waals surface area (Å²) in [6.07, 6.45) is -0.243. The standard InChI is InChI=1S/C9H15F2NO4/c10-9(11,5-13)4-12-3-6-1-2-7(16-6)8(14)15/h6-7,12-13H,1-5H2,(H,14,15). The second-order valence-corrected chi connectivity index (χ2v) is 3.81. The minimum Gasteiger partial charge on any atom is -0.479 e. The molecule has 1 rings (SSSR count). The molecule has 7 heteroatoms. The maximum atomic E-state index is 12.6. The molecule has 0 aromatic carbocycles. The van der Waals surface area contributed by atoms with Gasteiger partial charge in [0.05, 0.1) is 12.6 Å². The van der Waals surface area contributed by atoms with Gasteiger partial charge in [-0.05, 0) is 12.8 Å². The first kappa shape index (κ1) is 13.3. The number of hydrogen-bond acceptors (Lipinski definition) is 4. The van der Waals surface area contributed by atoms with Crippen LogP contribution in [0.2, 0.25) is 0 Å². The Morgan fingerprint density at radius 1 is 1.50 bits per heavy atom. The van der Waals surface area contributed by atoms with E-state index in [2.05, 4.69) is 5.32 Å². The van der Waals surface area contributed by atoms with E-state index in [-0.39, 0.29) is 12.6 Å². The fraction of sp³-hybridized carbons (Fsp3) is 0.889. The fourth-order valence-electron chi connectivity index (χ4n) is 1.51. The van der Waals surface area contributed by atoms with Crippen LogP contribution in [0.3, 0.4) is 0 Å². The molecule has 0 radical (unpaired) electrons. The van der Waals surface area contributed by atoms with E-state index in [4.69, 9.17) is 14.9 Å². The van der Waals surface area contributed by atoms with E-state index in [0.29, 0.717) is 12.8 Å². The Morgan fingerprint density at radius 3 is 2.69 bits per heavy atom. The number of aliphatic hydroxyl groups is 1. The van der Waals surface area contributed by atoms with Crippen molar-refractivity contribution in [3.63, 3.8) is 0 Å². The zero-order valence-electron chi connectivity index (χ0n) is 8.66. The second kappa shape index (κ2) is 5.51. The predicted molar refractivity (Wildman–Crippen MR) is 50.4 cm³/mol. The molecule has 0 bridgehead atoms. The fourth-order valence-corrected chi connectivity index (χ4v) is 1.51. The van der Waals surface area contributed by atoms with Gasteiger partial charge in [0.25, 0.3) is 5.92 Å². The molecule has 0 aromatic rings. The van der Waals surface area contributed by atoms with Gasteiger partial charge in [0.15, 0.2) is 6.10 Å². The highest BCUT2D eigenvalue weighted by molar-refractivity contribution is 5.72. The molecule has 2 unspecified atom stereocenters. The minimum atomic E-state index is -3.15. The van der Waals surface area contributed by atoms with E-state index in [1.807, 2.05) is 0 Å². The molecule has 0 aliphatic carbocycles. The van der Waals surface area contributed by atoms with Crippen molar-refractivity contribution < 1.29 is 28.5 Å². The van der Waals surface area contributed by atoms with Gasteiger partial charge in [-0.2, -0.15) is 0 Å². The van der Waals surface area contributed by atoms with Crippen LogP contribution in [0, 0.1) is 0 Å². The summed E-state index contributed by atoms with van der Waals surface area (Å²) in [6, 6.07) is 0. The van der Waals surface area contributed by atoms with Crippen molar-refractivity contribution in [2.45, 2.75) is 31.0 Å². The molecule has 0 aromatic heterocycles. The topological polar surface area (TPSA) is 78.8 Å². The van der Waals surface area contributed by atoms with Crippen LogP contribution in [-0.2, 0) is 9.53 Å². The number of rotatable bonds is 6. The van der Waals surface area contributed by atoms with Crippen LogP contribution in [0.5, 0.6) is 0 Å². The van der Waals surface area contributed by atoms with Crippen molar-refractivity contribution in [2.24, 2.45) is 0 Å². The number of alkyl halides is 2. The smallest absolute Gasteiger partial charge is 0.332 e. The summed E-state index contributed by atoms with van der Waals surface area (Å²) < 4.78 is 30.3. The molecule has 2 atom stereocenters. The zero-order valence-corrected chi connectivity index (χ0v) is 8.66. The molecule has 5 nitrogen and oxygen atoms in total. The van der Waals surface area contributed by atoms with E-state index in [1.165, 1.54) is 0 Å². The van der Waals surface area contributed by atoms with Crippen LogP contribution in [-0.4, -0.2) is 54.0 Å². The average Bonchev–Trinajstić information content (AvgIpc) is 2.66. The van der Waals surface area contributed by atoms with Crippen molar-refractivity contribution in [3.8, 4) is 0 Å². The quantitative estimate of drug-likeness (QED) is 0.600. The van der Waals surface area contributed by atoms with Crippen molar-refractivity contribution >= 4 is 5.97 Å². The molecule has 1 heterocycles. The molecule has 0 amide bonds. The Balaban J connectivity index is 2.18. The summed E-state index contributed by atoms with van der Waals surface area (Å²) in [5.41, 5.74) is 0. The largest absolute Gasteiger partial charge is 0.479 e. The van der Waals surface area contributed by atoms with E-state index < -0.39 is 31.1 Å². The lowest BCUT2D eigenvalue weighted by Crippen LogP contribution is -2.39. The Bertz CT molecular complexity index is 250. The molecule has 0 saturated carbocycles. The van der Waals surface area contributed by atoms with Gasteiger partial charge in [0.2, 0.25) is 0 Å². The van der Waals surface area contributed by atoms with Crippen LogP contribution >= 0.6 is 0 Å². The highest BCUT2D eigenvalue weighted by Crippen LogP contribution is 2.19. The summed E-state index contributed by atoms with van der Waals surface area (Å²) >= 11 is 0. The molecule has 1 saturated heterocycles. The van der Waals surface area contributed by atoms with Gasteiger partial charge in [0.1, 0.15) is 6.61 Å². The predicted octanol–water partition coefficient (Wildman–Crippen LogP) is -0.164.